The van der Waals surface area contributed by atoms with Gasteiger partial charge >= 0.3 is 12.8 Å². The van der Waals surface area contributed by atoms with Crippen LogP contribution in [0, 0.1) is 0 Å². The molecule has 0 bridgehead atoms. The van der Waals surface area contributed by atoms with Crippen molar-refractivity contribution in [1.82, 2.24) is 5.32 Å². The lowest BCUT2D eigenvalue weighted by molar-refractivity contribution is -0.137. The summed E-state index contributed by atoms with van der Waals surface area (Å²) in [5, 5.41) is 9.29. The van der Waals surface area contributed by atoms with Gasteiger partial charge in [-0.15, -0.1) is 0 Å². The molecule has 0 aromatic heterocycles. The number of carbonyl (C=O) groups is 1. The van der Waals surface area contributed by atoms with Crippen LogP contribution in [0.3, 0.4) is 0 Å². The number of hydrogen-bond donors (Lipinski definition) is 1. The zero-order chi connectivity index (χ0) is 23.0. The van der Waals surface area contributed by atoms with Crippen LogP contribution < -0.4 is 5.32 Å². The molecule has 0 aliphatic heterocycles. The molecule has 1 N–H and O–H groups in total. The summed E-state index contributed by atoms with van der Waals surface area (Å²) in [7, 11) is 1.29. The van der Waals surface area contributed by atoms with Crippen LogP contribution in [0.4, 0.5) is 22.0 Å². The molecule has 0 saturated heterocycles. The predicted molar refractivity (Wildman–Crippen MR) is 103 cm³/mol. The minimum absolute atomic E-state index is 0.162. The first kappa shape index (κ1) is 23.8. The van der Waals surface area contributed by atoms with E-state index in [0.717, 1.165) is 12.1 Å². The highest BCUT2D eigenvalue weighted by molar-refractivity contribution is 6.45. The molecule has 2 aromatic carbocycles. The maximum atomic E-state index is 12.9. The Bertz CT molecular complexity index is 975. The SMILES string of the molecule is CNC(=O)/C(=N/OC(F)F)c1ccccc1CON=C(C)c1cccc(C(F)(F)F)c1. The number of carbonyl (C=O) groups excluding carboxylic acids is 1. The lowest BCUT2D eigenvalue weighted by atomic mass is 10.0. The van der Waals surface area contributed by atoms with Gasteiger partial charge in [0.2, 0.25) is 0 Å². The van der Waals surface area contributed by atoms with E-state index in [9.17, 15) is 26.7 Å². The summed E-state index contributed by atoms with van der Waals surface area (Å²) < 4.78 is 63.3. The van der Waals surface area contributed by atoms with E-state index in [-0.39, 0.29) is 23.4 Å². The molecule has 2 rings (SSSR count). The Morgan fingerprint density at radius 1 is 1.10 bits per heavy atom. The van der Waals surface area contributed by atoms with Crippen LogP contribution in [-0.2, 0) is 27.3 Å². The molecule has 0 saturated carbocycles. The highest BCUT2D eigenvalue weighted by atomic mass is 19.4. The van der Waals surface area contributed by atoms with Gasteiger partial charge in [-0.05, 0) is 24.6 Å². The third kappa shape index (κ3) is 6.76. The molecule has 0 aliphatic carbocycles. The Kier molecular flexibility index (Phi) is 8.06. The van der Waals surface area contributed by atoms with Crippen LogP contribution in [0.25, 0.3) is 0 Å². The molecule has 11 heteroatoms. The molecular formula is C20H18F5N3O3. The van der Waals surface area contributed by atoms with E-state index in [2.05, 4.69) is 20.5 Å². The van der Waals surface area contributed by atoms with Gasteiger partial charge in [0, 0.05) is 18.2 Å². The topological polar surface area (TPSA) is 72.3 Å². The van der Waals surface area contributed by atoms with Crippen molar-refractivity contribution >= 4 is 17.3 Å². The number of nitrogens with one attached hydrogen (secondary N) is 1. The molecule has 0 unspecified atom stereocenters. The van der Waals surface area contributed by atoms with Crippen LogP contribution in [0.15, 0.2) is 58.8 Å². The standard InChI is InChI=1S/C20H18F5N3O3/c1-12(13-7-5-8-15(10-13)20(23,24)25)27-30-11-14-6-3-4-9-16(14)17(18(29)26-2)28-31-19(21)22/h3-10,19H,11H2,1-2H3,(H,26,29)/b27-12?,28-17+. The van der Waals surface area contributed by atoms with Crippen LogP contribution in [0.1, 0.15) is 29.2 Å². The third-order valence-electron chi connectivity index (χ3n) is 3.97. The highest BCUT2D eigenvalue weighted by Gasteiger charge is 2.30. The molecule has 6 nitrogen and oxygen atoms in total. The average molecular weight is 443 g/mol. The first-order valence-electron chi connectivity index (χ1n) is 8.80. The predicted octanol–water partition coefficient (Wildman–Crippen LogP) is 4.34. The second-order valence-electron chi connectivity index (χ2n) is 6.07. The molecule has 0 radical (unpaired) electrons. The monoisotopic (exact) mass is 443 g/mol. The number of rotatable bonds is 8. The molecule has 0 fully saturated rings. The Balaban J connectivity index is 2.23. The number of amides is 1. The van der Waals surface area contributed by atoms with E-state index in [1.54, 1.807) is 18.2 Å². The van der Waals surface area contributed by atoms with Crippen molar-refractivity contribution in [3.8, 4) is 0 Å². The Labute approximate surface area is 174 Å². The molecule has 0 aliphatic rings. The van der Waals surface area contributed by atoms with Crippen LogP contribution in [-0.4, -0.2) is 31.0 Å². The fourth-order valence-corrected chi connectivity index (χ4v) is 2.47. The van der Waals surface area contributed by atoms with E-state index in [4.69, 9.17) is 4.84 Å². The summed E-state index contributed by atoms with van der Waals surface area (Å²) in [6.45, 7) is -1.96. The van der Waals surface area contributed by atoms with Crippen molar-refractivity contribution in [3.05, 3.63) is 70.8 Å². The number of likely N-dealkylation sites (N-methyl/N-ethyl adjacent to an activating group) is 1. The van der Waals surface area contributed by atoms with E-state index in [0.29, 0.717) is 5.56 Å². The Morgan fingerprint density at radius 3 is 2.45 bits per heavy atom. The number of oxime groups is 2. The zero-order valence-corrected chi connectivity index (χ0v) is 16.4. The van der Waals surface area contributed by atoms with Gasteiger partial charge < -0.3 is 15.0 Å². The average Bonchev–Trinajstić information content (AvgIpc) is 2.73. The van der Waals surface area contributed by atoms with Crippen LogP contribution >= 0.6 is 0 Å². The molecule has 0 heterocycles. The molecule has 31 heavy (non-hydrogen) atoms. The molecule has 1 amide bonds. The fourth-order valence-electron chi connectivity index (χ4n) is 2.47. The quantitative estimate of drug-likeness (QED) is 0.375. The normalized spacial score (nSPS) is 12.6. The number of nitrogens with zero attached hydrogens (tertiary/aromatic N) is 2. The maximum Gasteiger partial charge on any atom is 0.416 e. The van der Waals surface area contributed by atoms with Crippen molar-refractivity contribution < 1.29 is 36.4 Å². The van der Waals surface area contributed by atoms with E-state index >= 15 is 0 Å². The molecular weight excluding hydrogens is 425 g/mol. The smallest absolute Gasteiger partial charge is 0.391 e. The van der Waals surface area contributed by atoms with Crippen molar-refractivity contribution in [1.29, 1.82) is 0 Å². The summed E-state index contributed by atoms with van der Waals surface area (Å²) in [6.07, 6.45) is -4.49. The lowest BCUT2D eigenvalue weighted by Gasteiger charge is -2.11. The van der Waals surface area contributed by atoms with Gasteiger partial charge in [-0.2, -0.15) is 22.0 Å². The number of hydrogen-bond acceptors (Lipinski definition) is 5. The summed E-state index contributed by atoms with van der Waals surface area (Å²) in [6, 6.07) is 10.7. The minimum Gasteiger partial charge on any atom is -0.391 e. The second kappa shape index (κ2) is 10.5. The molecule has 166 valence electrons. The van der Waals surface area contributed by atoms with Crippen molar-refractivity contribution in [2.24, 2.45) is 10.3 Å². The van der Waals surface area contributed by atoms with E-state index in [1.165, 1.54) is 32.2 Å². The summed E-state index contributed by atoms with van der Waals surface area (Å²) >= 11 is 0. The molecule has 0 spiro atoms. The van der Waals surface area contributed by atoms with Crippen molar-refractivity contribution in [2.75, 3.05) is 7.05 Å². The van der Waals surface area contributed by atoms with Gasteiger partial charge in [0.05, 0.1) is 11.3 Å². The van der Waals surface area contributed by atoms with E-state index in [1.807, 2.05) is 0 Å². The number of benzene rings is 2. The third-order valence-corrected chi connectivity index (χ3v) is 3.97. The fraction of sp³-hybridized carbons (Fsp3) is 0.250. The van der Waals surface area contributed by atoms with Gasteiger partial charge in [0.15, 0.2) is 5.71 Å². The second-order valence-corrected chi connectivity index (χ2v) is 6.07. The zero-order valence-electron chi connectivity index (χ0n) is 16.4. The largest absolute Gasteiger partial charge is 0.416 e. The number of halogens is 5. The van der Waals surface area contributed by atoms with Gasteiger partial charge in [-0.1, -0.05) is 46.7 Å². The van der Waals surface area contributed by atoms with Crippen molar-refractivity contribution in [3.63, 3.8) is 0 Å². The first-order valence-corrected chi connectivity index (χ1v) is 8.80. The van der Waals surface area contributed by atoms with Gasteiger partial charge in [-0.3, -0.25) is 4.79 Å². The lowest BCUT2D eigenvalue weighted by Crippen LogP contribution is -2.29. The Hall–Kier alpha value is -3.50. The van der Waals surface area contributed by atoms with Gasteiger partial charge in [-0.25, -0.2) is 0 Å². The van der Waals surface area contributed by atoms with Gasteiger partial charge in [0.1, 0.15) is 6.61 Å². The van der Waals surface area contributed by atoms with E-state index < -0.39 is 30.0 Å². The van der Waals surface area contributed by atoms with Crippen LogP contribution in [0.2, 0.25) is 0 Å². The maximum absolute atomic E-state index is 12.9. The Morgan fingerprint density at radius 2 is 1.81 bits per heavy atom. The summed E-state index contributed by atoms with van der Waals surface area (Å²) in [4.78, 5) is 21.2. The molecule has 0 atom stereocenters. The minimum atomic E-state index is -4.49. The highest BCUT2D eigenvalue weighted by Crippen LogP contribution is 2.29. The van der Waals surface area contributed by atoms with Crippen molar-refractivity contribution in [2.45, 2.75) is 26.3 Å². The number of alkyl halides is 5. The summed E-state index contributed by atoms with van der Waals surface area (Å²) in [5.41, 5.74) is -0.306. The van der Waals surface area contributed by atoms with Gasteiger partial charge in [0.25, 0.3) is 5.91 Å². The molecule has 2 aromatic rings. The van der Waals surface area contributed by atoms with Crippen LogP contribution in [0.5, 0.6) is 0 Å². The first-order chi connectivity index (χ1) is 14.6. The summed E-state index contributed by atoms with van der Waals surface area (Å²) in [5.74, 6) is -0.767.